The van der Waals surface area contributed by atoms with Crippen molar-refractivity contribution in [2.75, 3.05) is 11.9 Å². The van der Waals surface area contributed by atoms with Gasteiger partial charge in [-0.25, -0.2) is 0 Å². The summed E-state index contributed by atoms with van der Waals surface area (Å²) >= 11 is 0. The number of rotatable bonds is 6. The van der Waals surface area contributed by atoms with Crippen LogP contribution < -0.4 is 4.90 Å². The molecule has 0 aliphatic carbocycles. The maximum atomic E-state index is 11.2. The zero-order valence-corrected chi connectivity index (χ0v) is 19.4. The minimum atomic E-state index is 0.0962. The number of carbonyl (C=O) groups is 2. The van der Waals surface area contributed by atoms with Crippen LogP contribution in [0.5, 0.6) is 0 Å². The van der Waals surface area contributed by atoms with Crippen molar-refractivity contribution in [1.82, 2.24) is 0 Å². The summed E-state index contributed by atoms with van der Waals surface area (Å²) in [6.07, 6.45) is 0.916. The first-order valence-electron chi connectivity index (χ1n) is 11.0. The smallest absolute Gasteiger partial charge is 0.159 e. The van der Waals surface area contributed by atoms with Crippen LogP contribution in [0.25, 0.3) is 0 Å². The Labute approximate surface area is 196 Å². The van der Waals surface area contributed by atoms with Gasteiger partial charge in [0.1, 0.15) is 0 Å². The Balaban J connectivity index is 0.000000186. The Hall–Kier alpha value is -3.98. The fourth-order valence-corrected chi connectivity index (χ4v) is 3.41. The molecule has 0 N–H and O–H groups in total. The zero-order chi connectivity index (χ0) is 23.6. The van der Waals surface area contributed by atoms with Gasteiger partial charge in [0.15, 0.2) is 11.6 Å². The highest BCUT2D eigenvalue weighted by Crippen LogP contribution is 2.23. The van der Waals surface area contributed by atoms with Crippen molar-refractivity contribution < 1.29 is 9.59 Å². The van der Waals surface area contributed by atoms with E-state index in [4.69, 9.17) is 0 Å². The minimum Gasteiger partial charge on any atom is -0.345 e. The number of hydrogen-bond donors (Lipinski definition) is 0. The first kappa shape index (κ1) is 23.7. The van der Waals surface area contributed by atoms with Gasteiger partial charge in [-0.05, 0) is 67.8 Å². The molecule has 0 spiro atoms. The van der Waals surface area contributed by atoms with E-state index in [9.17, 15) is 9.59 Å². The zero-order valence-electron chi connectivity index (χ0n) is 19.4. The van der Waals surface area contributed by atoms with Crippen LogP contribution in [0.4, 0.5) is 11.4 Å². The molecule has 4 aromatic carbocycles. The molecular formula is C30H29NO2. The van der Waals surface area contributed by atoms with E-state index in [1.807, 2.05) is 92.0 Å². The van der Waals surface area contributed by atoms with E-state index < -0.39 is 0 Å². The molecule has 166 valence electrons. The first-order chi connectivity index (χ1) is 15.9. The SMILES string of the molecule is CC(=O)c1ccc(Cc2ccccc2)cc1.CC(=O)c1ccc(N(C)c2ccccc2)cc1. The molecule has 0 radical (unpaired) electrons. The van der Waals surface area contributed by atoms with Crippen molar-refractivity contribution in [1.29, 1.82) is 0 Å². The van der Waals surface area contributed by atoms with Crippen LogP contribution in [-0.4, -0.2) is 18.6 Å². The normalized spacial score (nSPS) is 10.0. The van der Waals surface area contributed by atoms with Gasteiger partial charge >= 0.3 is 0 Å². The number of Topliss-reactive ketones (excluding diaryl/α,β-unsaturated/α-hetero) is 2. The van der Waals surface area contributed by atoms with E-state index >= 15 is 0 Å². The number of carbonyl (C=O) groups excluding carboxylic acids is 2. The average molecular weight is 436 g/mol. The minimum absolute atomic E-state index is 0.0962. The van der Waals surface area contributed by atoms with Crippen LogP contribution in [0.1, 0.15) is 45.7 Å². The molecule has 4 aromatic rings. The summed E-state index contributed by atoms with van der Waals surface area (Å²) in [7, 11) is 2.01. The quantitative estimate of drug-likeness (QED) is 0.302. The van der Waals surface area contributed by atoms with E-state index in [1.54, 1.807) is 13.8 Å². The summed E-state index contributed by atoms with van der Waals surface area (Å²) in [5, 5.41) is 0. The second-order valence-electron chi connectivity index (χ2n) is 7.91. The molecule has 0 unspecified atom stereocenters. The molecule has 3 heteroatoms. The summed E-state index contributed by atoms with van der Waals surface area (Å²) < 4.78 is 0. The number of anilines is 2. The summed E-state index contributed by atoms with van der Waals surface area (Å²) in [6.45, 7) is 3.17. The lowest BCUT2D eigenvalue weighted by atomic mass is 10.0. The molecule has 3 nitrogen and oxygen atoms in total. The van der Waals surface area contributed by atoms with Gasteiger partial charge in [-0.1, -0.05) is 72.8 Å². The standard InChI is InChI=1S/C15H15NO.C15H14O/c1-12(17)13-8-10-15(11-9-13)16(2)14-6-4-3-5-7-14;1-12(16)15-9-7-14(8-10-15)11-13-5-3-2-4-6-13/h3-11H,1-2H3;2-10H,11H2,1H3. The Bertz CT molecular complexity index is 1170. The van der Waals surface area contributed by atoms with E-state index in [2.05, 4.69) is 29.2 Å². The van der Waals surface area contributed by atoms with E-state index in [1.165, 1.54) is 11.1 Å². The second-order valence-corrected chi connectivity index (χ2v) is 7.91. The highest BCUT2D eigenvalue weighted by Gasteiger charge is 2.04. The largest absolute Gasteiger partial charge is 0.345 e. The van der Waals surface area contributed by atoms with Crippen LogP contribution in [0.3, 0.4) is 0 Å². The van der Waals surface area contributed by atoms with Crippen LogP contribution in [0.15, 0.2) is 109 Å². The maximum absolute atomic E-state index is 11.2. The summed E-state index contributed by atoms with van der Waals surface area (Å²) in [5.41, 5.74) is 6.24. The van der Waals surface area contributed by atoms with Crippen molar-refractivity contribution in [3.8, 4) is 0 Å². The molecule has 0 saturated carbocycles. The van der Waals surface area contributed by atoms with Gasteiger partial charge < -0.3 is 4.90 Å². The van der Waals surface area contributed by atoms with E-state index in [0.29, 0.717) is 0 Å². The van der Waals surface area contributed by atoms with Crippen LogP contribution >= 0.6 is 0 Å². The molecule has 0 amide bonds. The predicted molar refractivity (Wildman–Crippen MR) is 137 cm³/mol. The van der Waals surface area contributed by atoms with Crippen LogP contribution in [0, 0.1) is 0 Å². The van der Waals surface area contributed by atoms with Gasteiger partial charge in [-0.15, -0.1) is 0 Å². The van der Waals surface area contributed by atoms with Crippen molar-refractivity contribution >= 4 is 22.9 Å². The Morgan fingerprint density at radius 3 is 1.42 bits per heavy atom. The summed E-state index contributed by atoms with van der Waals surface area (Å²) in [4.78, 5) is 24.4. The van der Waals surface area contributed by atoms with Gasteiger partial charge in [0.2, 0.25) is 0 Å². The highest BCUT2D eigenvalue weighted by atomic mass is 16.1. The molecule has 0 saturated heterocycles. The monoisotopic (exact) mass is 435 g/mol. The molecule has 4 rings (SSSR count). The van der Waals surface area contributed by atoms with Crippen molar-refractivity contribution in [3.63, 3.8) is 0 Å². The molecule has 0 bridgehead atoms. The lowest BCUT2D eigenvalue weighted by Gasteiger charge is -2.19. The fourth-order valence-electron chi connectivity index (χ4n) is 3.41. The molecule has 0 fully saturated rings. The van der Waals surface area contributed by atoms with Gasteiger partial charge in [0.05, 0.1) is 0 Å². The highest BCUT2D eigenvalue weighted by molar-refractivity contribution is 5.94. The predicted octanol–water partition coefficient (Wildman–Crippen LogP) is 7.14. The van der Waals surface area contributed by atoms with E-state index in [-0.39, 0.29) is 11.6 Å². The van der Waals surface area contributed by atoms with Crippen molar-refractivity contribution in [2.45, 2.75) is 20.3 Å². The second kappa shape index (κ2) is 11.6. The average Bonchev–Trinajstić information content (AvgIpc) is 2.85. The third-order valence-electron chi connectivity index (χ3n) is 5.42. The van der Waals surface area contributed by atoms with Gasteiger partial charge in [0, 0.05) is 29.5 Å². The fraction of sp³-hybridized carbons (Fsp3) is 0.133. The summed E-state index contributed by atoms with van der Waals surface area (Å²) in [6, 6.07) is 35.9. The van der Waals surface area contributed by atoms with Crippen molar-refractivity contribution in [3.05, 3.63) is 131 Å². The Kier molecular flexibility index (Phi) is 8.31. The lowest BCUT2D eigenvalue weighted by Crippen LogP contribution is -2.09. The van der Waals surface area contributed by atoms with Gasteiger partial charge in [-0.3, -0.25) is 9.59 Å². The topological polar surface area (TPSA) is 37.4 Å². The molecule has 0 aliphatic rings. The lowest BCUT2D eigenvalue weighted by molar-refractivity contribution is 0.100. The number of nitrogens with zero attached hydrogens (tertiary/aromatic N) is 1. The number of para-hydroxylation sites is 1. The van der Waals surface area contributed by atoms with Crippen LogP contribution in [-0.2, 0) is 6.42 Å². The third kappa shape index (κ3) is 7.01. The molecule has 0 heterocycles. The molecule has 0 atom stereocenters. The van der Waals surface area contributed by atoms with E-state index in [0.717, 1.165) is 28.9 Å². The number of hydrogen-bond acceptors (Lipinski definition) is 3. The number of ketones is 2. The first-order valence-corrected chi connectivity index (χ1v) is 11.0. The van der Waals surface area contributed by atoms with Crippen LogP contribution in [0.2, 0.25) is 0 Å². The third-order valence-corrected chi connectivity index (χ3v) is 5.42. The summed E-state index contributed by atoms with van der Waals surface area (Å²) in [5.74, 6) is 0.213. The Morgan fingerprint density at radius 1 is 0.545 bits per heavy atom. The molecule has 0 aromatic heterocycles. The van der Waals surface area contributed by atoms with Gasteiger partial charge in [0.25, 0.3) is 0 Å². The maximum Gasteiger partial charge on any atom is 0.159 e. The van der Waals surface area contributed by atoms with Gasteiger partial charge in [-0.2, -0.15) is 0 Å². The molecule has 33 heavy (non-hydrogen) atoms. The molecular weight excluding hydrogens is 406 g/mol. The van der Waals surface area contributed by atoms with Crippen molar-refractivity contribution in [2.24, 2.45) is 0 Å². The number of benzene rings is 4. The molecule has 0 aliphatic heterocycles. The Morgan fingerprint density at radius 2 is 0.939 bits per heavy atom.